The second kappa shape index (κ2) is 10.6. The van der Waals surface area contributed by atoms with E-state index in [1.54, 1.807) is 13.0 Å². The molecule has 0 aromatic heterocycles. The molecule has 0 aliphatic carbocycles. The number of ether oxygens (including phenoxy) is 2. The molecule has 0 aliphatic heterocycles. The van der Waals surface area contributed by atoms with Gasteiger partial charge in [0, 0.05) is 12.6 Å². The summed E-state index contributed by atoms with van der Waals surface area (Å²) in [6, 6.07) is 0. The fraction of sp³-hybridized carbons (Fsp3) is 0.692. The summed E-state index contributed by atoms with van der Waals surface area (Å²) >= 11 is 0. The molecule has 104 valence electrons. The summed E-state index contributed by atoms with van der Waals surface area (Å²) in [6.07, 6.45) is 4.51. The monoisotopic (exact) mass is 257 g/mol. The van der Waals surface area contributed by atoms with Crippen LogP contribution in [-0.4, -0.2) is 31.8 Å². The number of carbonyl (C=O) groups is 2. The molecule has 0 spiro atoms. The van der Waals surface area contributed by atoms with Gasteiger partial charge < -0.3 is 14.8 Å². The number of unbranched alkanes of at least 4 members (excludes halogenated alkanes) is 1. The van der Waals surface area contributed by atoms with Gasteiger partial charge in [0.05, 0.1) is 13.2 Å². The third kappa shape index (κ3) is 9.69. The smallest absolute Gasteiger partial charge is 0.407 e. The molecular weight excluding hydrogens is 234 g/mol. The molecule has 0 fully saturated rings. The van der Waals surface area contributed by atoms with Gasteiger partial charge in [0.15, 0.2) is 0 Å². The molecule has 5 heteroatoms. The Hall–Kier alpha value is -1.52. The molecule has 0 heterocycles. The Balaban J connectivity index is 3.72. The molecular formula is C13H23NO4. The lowest BCUT2D eigenvalue weighted by Gasteiger charge is -2.09. The normalized spacial score (nSPS) is 12.2. The summed E-state index contributed by atoms with van der Waals surface area (Å²) in [5.41, 5.74) is 0. The number of esters is 1. The fourth-order valence-electron chi connectivity index (χ4n) is 1.11. The van der Waals surface area contributed by atoms with Gasteiger partial charge in [0.2, 0.25) is 0 Å². The van der Waals surface area contributed by atoms with Crippen molar-refractivity contribution in [3.8, 4) is 0 Å². The number of carbonyl (C=O) groups excluding carboxylic acids is 2. The second-order valence-electron chi connectivity index (χ2n) is 3.96. The van der Waals surface area contributed by atoms with E-state index in [0.717, 1.165) is 12.8 Å². The summed E-state index contributed by atoms with van der Waals surface area (Å²) < 4.78 is 9.68. The zero-order valence-electron chi connectivity index (χ0n) is 11.4. The first-order chi connectivity index (χ1) is 8.60. The number of nitrogens with one attached hydrogen (secondary N) is 1. The topological polar surface area (TPSA) is 64.6 Å². The second-order valence-corrected chi connectivity index (χ2v) is 3.96. The minimum Gasteiger partial charge on any atom is -0.463 e. The van der Waals surface area contributed by atoms with Gasteiger partial charge in [-0.15, -0.1) is 0 Å². The van der Waals surface area contributed by atoms with E-state index in [-0.39, 0.29) is 11.9 Å². The Morgan fingerprint density at radius 1 is 1.28 bits per heavy atom. The molecule has 1 atom stereocenters. The van der Waals surface area contributed by atoms with Gasteiger partial charge >= 0.3 is 12.1 Å². The molecule has 0 saturated carbocycles. The first-order valence-electron chi connectivity index (χ1n) is 6.35. The largest absolute Gasteiger partial charge is 0.463 e. The molecule has 1 unspecified atom stereocenters. The lowest BCUT2D eigenvalue weighted by Crippen LogP contribution is -2.28. The van der Waals surface area contributed by atoms with Crippen LogP contribution in [0.15, 0.2) is 12.2 Å². The van der Waals surface area contributed by atoms with Crippen LogP contribution in [0.2, 0.25) is 0 Å². The number of alkyl carbamates (subject to hydrolysis) is 1. The highest BCUT2D eigenvalue weighted by Gasteiger charge is 2.04. The third-order valence-corrected chi connectivity index (χ3v) is 2.15. The van der Waals surface area contributed by atoms with E-state index < -0.39 is 6.09 Å². The van der Waals surface area contributed by atoms with Crippen molar-refractivity contribution in [2.45, 2.75) is 33.6 Å². The average Bonchev–Trinajstić information content (AvgIpc) is 2.34. The van der Waals surface area contributed by atoms with Crippen molar-refractivity contribution in [2.75, 3.05) is 19.8 Å². The Morgan fingerprint density at radius 3 is 2.61 bits per heavy atom. The maximum atomic E-state index is 11.2. The van der Waals surface area contributed by atoms with Crippen molar-refractivity contribution in [3.05, 3.63) is 12.2 Å². The van der Waals surface area contributed by atoms with Crippen LogP contribution in [0.1, 0.15) is 33.6 Å². The van der Waals surface area contributed by atoms with E-state index in [1.165, 1.54) is 6.08 Å². The predicted molar refractivity (Wildman–Crippen MR) is 69.2 cm³/mol. The Bertz CT molecular complexity index is 276. The van der Waals surface area contributed by atoms with Gasteiger partial charge in [-0.1, -0.05) is 26.3 Å². The van der Waals surface area contributed by atoms with Crippen LogP contribution in [0.5, 0.6) is 0 Å². The lowest BCUT2D eigenvalue weighted by molar-refractivity contribution is -0.137. The van der Waals surface area contributed by atoms with Crippen LogP contribution in [0.25, 0.3) is 0 Å². The molecule has 0 bridgehead atoms. The molecule has 5 nitrogen and oxygen atoms in total. The van der Waals surface area contributed by atoms with Crippen molar-refractivity contribution in [1.29, 1.82) is 0 Å². The number of amides is 1. The van der Waals surface area contributed by atoms with Crippen LogP contribution in [0.4, 0.5) is 4.79 Å². The molecule has 0 aromatic rings. The molecule has 0 radical (unpaired) electrons. The molecule has 0 saturated heterocycles. The van der Waals surface area contributed by atoms with Gasteiger partial charge in [0.1, 0.15) is 0 Å². The molecule has 18 heavy (non-hydrogen) atoms. The van der Waals surface area contributed by atoms with Crippen molar-refractivity contribution in [2.24, 2.45) is 5.92 Å². The quantitative estimate of drug-likeness (QED) is 0.411. The number of hydrogen-bond donors (Lipinski definition) is 1. The maximum Gasteiger partial charge on any atom is 0.407 e. The van der Waals surface area contributed by atoms with Crippen molar-refractivity contribution in [3.63, 3.8) is 0 Å². The van der Waals surface area contributed by atoms with E-state index >= 15 is 0 Å². The SMILES string of the molecule is CCCCOC(=O)NCC(C)C=CC(=O)OCC. The Labute approximate surface area is 109 Å². The van der Waals surface area contributed by atoms with E-state index in [4.69, 9.17) is 9.47 Å². The minimum atomic E-state index is -0.417. The standard InChI is InChI=1S/C13H23NO4/c1-4-6-9-18-13(16)14-10-11(3)7-8-12(15)17-5-2/h7-8,11H,4-6,9-10H2,1-3H3,(H,14,16). The fourth-order valence-corrected chi connectivity index (χ4v) is 1.11. The van der Waals surface area contributed by atoms with Crippen LogP contribution >= 0.6 is 0 Å². The predicted octanol–water partition coefficient (Wildman–Crippen LogP) is 2.27. The van der Waals surface area contributed by atoms with Crippen LogP contribution in [-0.2, 0) is 14.3 Å². The molecule has 1 N–H and O–H groups in total. The van der Waals surface area contributed by atoms with Gasteiger partial charge in [-0.3, -0.25) is 0 Å². The Morgan fingerprint density at radius 2 is 2.00 bits per heavy atom. The van der Waals surface area contributed by atoms with Gasteiger partial charge in [-0.05, 0) is 19.3 Å². The summed E-state index contributed by atoms with van der Waals surface area (Å²) in [7, 11) is 0. The highest BCUT2D eigenvalue weighted by atomic mass is 16.5. The summed E-state index contributed by atoms with van der Waals surface area (Å²) in [5, 5.41) is 2.63. The summed E-state index contributed by atoms with van der Waals surface area (Å²) in [5.74, 6) is -0.317. The lowest BCUT2D eigenvalue weighted by atomic mass is 10.1. The molecule has 0 aromatic carbocycles. The number of rotatable bonds is 8. The third-order valence-electron chi connectivity index (χ3n) is 2.15. The first-order valence-corrected chi connectivity index (χ1v) is 6.35. The minimum absolute atomic E-state index is 0.0492. The zero-order chi connectivity index (χ0) is 13.8. The number of hydrogen-bond acceptors (Lipinski definition) is 4. The van der Waals surface area contributed by atoms with Crippen molar-refractivity contribution in [1.82, 2.24) is 5.32 Å². The van der Waals surface area contributed by atoms with Gasteiger partial charge in [0.25, 0.3) is 0 Å². The van der Waals surface area contributed by atoms with Crippen LogP contribution in [0, 0.1) is 5.92 Å². The zero-order valence-corrected chi connectivity index (χ0v) is 11.4. The van der Waals surface area contributed by atoms with Gasteiger partial charge in [-0.25, -0.2) is 9.59 Å². The summed E-state index contributed by atoms with van der Waals surface area (Å²) in [4.78, 5) is 22.3. The van der Waals surface area contributed by atoms with Crippen molar-refractivity contribution >= 4 is 12.1 Å². The maximum absolute atomic E-state index is 11.2. The van der Waals surface area contributed by atoms with Crippen molar-refractivity contribution < 1.29 is 19.1 Å². The van der Waals surface area contributed by atoms with E-state index in [9.17, 15) is 9.59 Å². The first kappa shape index (κ1) is 16.5. The molecule has 0 aliphatic rings. The molecule has 0 rings (SSSR count). The highest BCUT2D eigenvalue weighted by molar-refractivity contribution is 5.81. The van der Waals surface area contributed by atoms with Crippen LogP contribution < -0.4 is 5.32 Å². The molecule has 1 amide bonds. The van der Waals surface area contributed by atoms with Crippen LogP contribution in [0.3, 0.4) is 0 Å². The Kier molecular flexibility index (Phi) is 9.73. The summed E-state index contributed by atoms with van der Waals surface area (Å²) in [6.45, 7) is 6.91. The van der Waals surface area contributed by atoms with Gasteiger partial charge in [-0.2, -0.15) is 0 Å². The van der Waals surface area contributed by atoms with E-state index in [0.29, 0.717) is 19.8 Å². The average molecular weight is 257 g/mol. The van der Waals surface area contributed by atoms with E-state index in [2.05, 4.69) is 5.32 Å². The highest BCUT2D eigenvalue weighted by Crippen LogP contribution is 1.96. The van der Waals surface area contributed by atoms with E-state index in [1.807, 2.05) is 13.8 Å².